The minimum absolute atomic E-state index is 0.0919. The molecule has 2 aliphatic heterocycles. The molecule has 3 aliphatic rings. The maximum Gasteiger partial charge on any atom is 0.494 e. The Hall–Kier alpha value is -2.32. The molecule has 7 nitrogen and oxygen atoms in total. The molecule has 0 spiro atoms. The van der Waals surface area contributed by atoms with E-state index >= 15 is 0 Å². The lowest BCUT2D eigenvalue weighted by Crippen LogP contribution is -2.43. The zero-order chi connectivity index (χ0) is 25.9. The van der Waals surface area contributed by atoms with E-state index in [9.17, 15) is 4.79 Å². The number of benzene rings is 1. The van der Waals surface area contributed by atoms with Crippen molar-refractivity contribution < 1.29 is 18.8 Å². The molecular weight excluding hydrogens is 453 g/mol. The van der Waals surface area contributed by atoms with Gasteiger partial charge >= 0.3 is 13.2 Å². The lowest BCUT2D eigenvalue weighted by atomic mass is 9.79. The third-order valence-electron chi connectivity index (χ3n) is 8.35. The van der Waals surface area contributed by atoms with Crippen molar-refractivity contribution in [1.82, 2.24) is 14.9 Å². The van der Waals surface area contributed by atoms with E-state index in [4.69, 9.17) is 19.0 Å². The number of imidazole rings is 1. The molecule has 5 rings (SSSR count). The maximum absolute atomic E-state index is 13.3. The summed E-state index contributed by atoms with van der Waals surface area (Å²) in [4.78, 5) is 23.5. The fourth-order valence-corrected chi connectivity index (χ4v) is 5.73. The third kappa shape index (κ3) is 4.70. The lowest BCUT2D eigenvalue weighted by molar-refractivity contribution is 0.00578. The van der Waals surface area contributed by atoms with E-state index in [1.54, 1.807) is 0 Å². The molecule has 3 atom stereocenters. The first-order valence-electron chi connectivity index (χ1n) is 13.4. The molecule has 1 amide bonds. The summed E-state index contributed by atoms with van der Waals surface area (Å²) < 4.78 is 18.2. The van der Waals surface area contributed by atoms with Crippen LogP contribution in [0.4, 0.5) is 4.79 Å². The largest absolute Gasteiger partial charge is 0.494 e. The van der Waals surface area contributed by atoms with E-state index in [2.05, 4.69) is 56.9 Å². The average molecular weight is 493 g/mol. The molecule has 2 saturated heterocycles. The van der Waals surface area contributed by atoms with Gasteiger partial charge in [0.05, 0.1) is 29.1 Å². The number of hydrogen-bond donors (Lipinski definition) is 1. The molecule has 0 unspecified atom stereocenters. The Labute approximate surface area is 215 Å². The van der Waals surface area contributed by atoms with E-state index in [1.165, 1.54) is 6.42 Å². The number of rotatable bonds is 3. The lowest BCUT2D eigenvalue weighted by Gasteiger charge is -2.34. The molecule has 1 saturated carbocycles. The van der Waals surface area contributed by atoms with Gasteiger partial charge in [0.2, 0.25) is 0 Å². The van der Waals surface area contributed by atoms with Crippen LogP contribution in [0.25, 0.3) is 11.3 Å². The Kier molecular flexibility index (Phi) is 6.27. The minimum Gasteiger partial charge on any atom is -0.444 e. The van der Waals surface area contributed by atoms with Crippen LogP contribution in [0.5, 0.6) is 0 Å². The van der Waals surface area contributed by atoms with Gasteiger partial charge in [-0.15, -0.1) is 0 Å². The van der Waals surface area contributed by atoms with Gasteiger partial charge in [0.25, 0.3) is 0 Å². The number of aromatic nitrogens is 2. The van der Waals surface area contributed by atoms with Gasteiger partial charge in [-0.25, -0.2) is 9.78 Å². The van der Waals surface area contributed by atoms with E-state index in [0.717, 1.165) is 48.2 Å². The van der Waals surface area contributed by atoms with Crippen molar-refractivity contribution >= 4 is 18.7 Å². The van der Waals surface area contributed by atoms with E-state index in [1.807, 2.05) is 31.9 Å². The van der Waals surface area contributed by atoms with Gasteiger partial charge in [-0.2, -0.15) is 0 Å². The van der Waals surface area contributed by atoms with Crippen LogP contribution in [-0.2, 0) is 14.0 Å². The van der Waals surface area contributed by atoms with E-state index in [-0.39, 0.29) is 36.5 Å². The van der Waals surface area contributed by atoms with E-state index < -0.39 is 5.60 Å². The van der Waals surface area contributed by atoms with Crippen molar-refractivity contribution in [2.24, 2.45) is 5.92 Å². The summed E-state index contributed by atoms with van der Waals surface area (Å²) in [6.07, 6.45) is 7.15. The van der Waals surface area contributed by atoms with Crippen molar-refractivity contribution in [3.63, 3.8) is 0 Å². The number of hydrogen-bond acceptors (Lipinski definition) is 5. The summed E-state index contributed by atoms with van der Waals surface area (Å²) in [7, 11) is -0.384. The number of ether oxygens (including phenoxy) is 1. The number of amides is 1. The zero-order valence-corrected chi connectivity index (χ0v) is 22.8. The molecule has 3 fully saturated rings. The van der Waals surface area contributed by atoms with Gasteiger partial charge in [-0.3, -0.25) is 4.90 Å². The molecule has 2 aromatic rings. The highest BCUT2D eigenvalue weighted by atomic mass is 16.7. The van der Waals surface area contributed by atoms with Gasteiger partial charge in [0.15, 0.2) is 0 Å². The maximum atomic E-state index is 13.3. The fraction of sp³-hybridized carbons (Fsp3) is 0.643. The smallest absolute Gasteiger partial charge is 0.444 e. The Morgan fingerprint density at radius 1 is 1.08 bits per heavy atom. The van der Waals surface area contributed by atoms with E-state index in [0.29, 0.717) is 5.92 Å². The normalized spacial score (nSPS) is 27.2. The predicted octanol–water partition coefficient (Wildman–Crippen LogP) is 5.62. The fourth-order valence-electron chi connectivity index (χ4n) is 5.73. The molecule has 0 bridgehead atoms. The predicted molar refractivity (Wildman–Crippen MR) is 141 cm³/mol. The van der Waals surface area contributed by atoms with Crippen molar-refractivity contribution in [2.45, 2.75) is 109 Å². The van der Waals surface area contributed by atoms with Crippen LogP contribution in [0.3, 0.4) is 0 Å². The molecule has 0 radical (unpaired) electrons. The molecule has 194 valence electrons. The molecule has 8 heteroatoms. The number of nitrogens with zero attached hydrogens (tertiary/aromatic N) is 2. The Morgan fingerprint density at radius 2 is 1.72 bits per heavy atom. The van der Waals surface area contributed by atoms with Crippen molar-refractivity contribution in [1.29, 1.82) is 0 Å². The number of nitrogens with one attached hydrogen (secondary N) is 1. The highest BCUT2D eigenvalue weighted by molar-refractivity contribution is 6.62. The molecule has 1 N–H and O–H groups in total. The van der Waals surface area contributed by atoms with Crippen LogP contribution in [0.2, 0.25) is 0 Å². The summed E-state index contributed by atoms with van der Waals surface area (Å²) in [6.45, 7) is 14.0. The Morgan fingerprint density at radius 3 is 2.36 bits per heavy atom. The van der Waals surface area contributed by atoms with Crippen LogP contribution in [0.1, 0.15) is 92.4 Å². The van der Waals surface area contributed by atoms with Crippen molar-refractivity contribution in [3.05, 3.63) is 36.3 Å². The number of aromatic amines is 1. The number of likely N-dealkylation sites (tertiary alicyclic amines) is 1. The second-order valence-corrected chi connectivity index (χ2v) is 12.6. The van der Waals surface area contributed by atoms with Gasteiger partial charge in [-0.05, 0) is 84.7 Å². The topological polar surface area (TPSA) is 76.7 Å². The summed E-state index contributed by atoms with van der Waals surface area (Å²) in [6, 6.07) is 8.37. The molecular formula is C28H40BN3O4. The highest BCUT2D eigenvalue weighted by Crippen LogP contribution is 2.46. The minimum atomic E-state index is -0.526. The SMILES string of the molecule is CC(C)(C)OC(=O)N1[C@H](c2ncc(-c3ccc(B4OC(C)(C)C(C)(C)O4)cc3)[nH]2)C[C@@H]2CCCC[C@@H]21. The third-order valence-corrected chi connectivity index (χ3v) is 8.35. The van der Waals surface area contributed by atoms with Crippen LogP contribution < -0.4 is 5.46 Å². The zero-order valence-electron chi connectivity index (χ0n) is 22.8. The van der Waals surface area contributed by atoms with Gasteiger partial charge in [-0.1, -0.05) is 37.1 Å². The molecule has 36 heavy (non-hydrogen) atoms. The first kappa shape index (κ1) is 25.3. The monoisotopic (exact) mass is 493 g/mol. The summed E-state index contributed by atoms with van der Waals surface area (Å²) >= 11 is 0. The van der Waals surface area contributed by atoms with Crippen LogP contribution in [-0.4, -0.2) is 50.9 Å². The Balaban J connectivity index is 1.35. The van der Waals surface area contributed by atoms with Crippen LogP contribution in [0, 0.1) is 5.92 Å². The van der Waals surface area contributed by atoms with Crippen molar-refractivity contribution in [3.8, 4) is 11.3 Å². The van der Waals surface area contributed by atoms with Crippen LogP contribution in [0.15, 0.2) is 30.5 Å². The number of carbonyl (C=O) groups is 1. The van der Waals surface area contributed by atoms with Gasteiger partial charge < -0.3 is 19.0 Å². The first-order valence-corrected chi connectivity index (χ1v) is 13.4. The van der Waals surface area contributed by atoms with Crippen molar-refractivity contribution in [2.75, 3.05) is 0 Å². The van der Waals surface area contributed by atoms with Crippen LogP contribution >= 0.6 is 0 Å². The summed E-state index contributed by atoms with van der Waals surface area (Å²) in [5.74, 6) is 1.34. The summed E-state index contributed by atoms with van der Waals surface area (Å²) in [5, 5.41) is 0. The quantitative estimate of drug-likeness (QED) is 0.562. The second-order valence-electron chi connectivity index (χ2n) is 12.6. The van der Waals surface area contributed by atoms with Gasteiger partial charge in [0.1, 0.15) is 11.4 Å². The Bertz CT molecular complexity index is 1090. The van der Waals surface area contributed by atoms with Gasteiger partial charge in [0, 0.05) is 6.04 Å². The molecule has 1 aromatic carbocycles. The number of fused-ring (bicyclic) bond motifs is 1. The number of H-pyrrole nitrogens is 1. The number of carbonyl (C=O) groups excluding carboxylic acids is 1. The standard InChI is InChI=1S/C28H40BN3O4/c1-26(2,3)34-25(33)32-22-11-9-8-10-19(22)16-23(32)24-30-17-21(31-24)18-12-14-20(15-13-18)29-35-27(4,5)28(6,7)36-29/h12-15,17,19,22-23H,8-11,16H2,1-7H3,(H,30,31)/t19-,22-,23-/m0/s1. The average Bonchev–Trinajstić information content (AvgIpc) is 3.47. The molecule has 1 aliphatic carbocycles. The first-order chi connectivity index (χ1) is 16.8. The summed E-state index contributed by atoms with van der Waals surface area (Å²) in [5.41, 5.74) is 1.70. The highest BCUT2D eigenvalue weighted by Gasteiger charge is 2.52. The molecule has 3 heterocycles. The molecule has 1 aromatic heterocycles. The second kappa shape index (κ2) is 8.91.